The standard InChI is InChI=1S/C28H29BN4O5/c34-27(31-25(29(35)36)16-21-8-3-1-4-9-21)28(17-22-10-5-2-6-11-22)18-24(32-38-28)20-37-19-23-12-7-14-33-15-13-30-26(23)33/h1-15,25,35-36H,16-20H2,(H,31,34). The first-order valence-corrected chi connectivity index (χ1v) is 12.5. The molecule has 194 valence electrons. The van der Waals surface area contributed by atoms with Gasteiger partial charge in [0, 0.05) is 37.0 Å². The van der Waals surface area contributed by atoms with Gasteiger partial charge in [-0.25, -0.2) is 4.98 Å². The molecule has 2 aromatic carbocycles. The van der Waals surface area contributed by atoms with E-state index in [4.69, 9.17) is 9.57 Å². The molecular weight excluding hydrogens is 483 g/mol. The van der Waals surface area contributed by atoms with Crippen LogP contribution in [0.2, 0.25) is 0 Å². The molecule has 0 bridgehead atoms. The zero-order valence-corrected chi connectivity index (χ0v) is 20.8. The lowest BCUT2D eigenvalue weighted by Gasteiger charge is -2.28. The molecule has 10 heteroatoms. The Morgan fingerprint density at radius 1 is 1.03 bits per heavy atom. The number of amides is 1. The second-order valence-electron chi connectivity index (χ2n) is 9.45. The maximum absolute atomic E-state index is 13.7. The van der Waals surface area contributed by atoms with Crippen molar-refractivity contribution >= 4 is 24.4 Å². The van der Waals surface area contributed by atoms with Gasteiger partial charge in [0.1, 0.15) is 5.65 Å². The van der Waals surface area contributed by atoms with Crippen LogP contribution in [0.1, 0.15) is 23.1 Å². The summed E-state index contributed by atoms with van der Waals surface area (Å²) in [7, 11) is -1.75. The van der Waals surface area contributed by atoms with Crippen LogP contribution in [-0.2, 0) is 33.8 Å². The van der Waals surface area contributed by atoms with Gasteiger partial charge in [0.15, 0.2) is 0 Å². The Morgan fingerprint density at radius 2 is 1.76 bits per heavy atom. The number of oxime groups is 1. The number of hydrogen-bond acceptors (Lipinski definition) is 7. The molecule has 0 fully saturated rings. The molecule has 0 spiro atoms. The Hall–Kier alpha value is -3.99. The molecule has 0 aliphatic carbocycles. The van der Waals surface area contributed by atoms with Crippen molar-refractivity contribution in [2.24, 2.45) is 5.16 Å². The summed E-state index contributed by atoms with van der Waals surface area (Å²) in [4.78, 5) is 23.8. The number of rotatable bonds is 11. The van der Waals surface area contributed by atoms with Crippen LogP contribution in [0, 0.1) is 0 Å². The highest BCUT2D eigenvalue weighted by atomic mass is 16.7. The number of benzene rings is 2. The number of pyridine rings is 1. The van der Waals surface area contributed by atoms with E-state index in [9.17, 15) is 14.8 Å². The molecule has 2 atom stereocenters. The summed E-state index contributed by atoms with van der Waals surface area (Å²) in [6.45, 7) is 0.510. The number of nitrogens with one attached hydrogen (secondary N) is 1. The summed E-state index contributed by atoms with van der Waals surface area (Å²) < 4.78 is 7.85. The van der Waals surface area contributed by atoms with Gasteiger partial charge >= 0.3 is 7.12 Å². The fraction of sp³-hybridized carbons (Fsp3) is 0.250. The van der Waals surface area contributed by atoms with Gasteiger partial charge in [0.2, 0.25) is 5.60 Å². The quantitative estimate of drug-likeness (QED) is 0.266. The molecule has 38 heavy (non-hydrogen) atoms. The largest absolute Gasteiger partial charge is 0.475 e. The SMILES string of the molecule is O=C(NC(Cc1ccccc1)B(O)O)C1(Cc2ccccc2)CC(COCc2cccn3ccnc23)=NO1. The Morgan fingerprint density at radius 3 is 2.50 bits per heavy atom. The number of nitrogens with zero attached hydrogens (tertiary/aromatic N) is 3. The molecule has 3 heterocycles. The number of carbonyl (C=O) groups is 1. The minimum atomic E-state index is -1.75. The molecule has 3 N–H and O–H groups in total. The van der Waals surface area contributed by atoms with Crippen LogP contribution in [0.25, 0.3) is 5.65 Å². The van der Waals surface area contributed by atoms with Crippen molar-refractivity contribution in [1.82, 2.24) is 14.7 Å². The van der Waals surface area contributed by atoms with Gasteiger partial charge in [-0.3, -0.25) is 4.79 Å². The number of carbonyl (C=O) groups excluding carboxylic acids is 1. The zero-order chi connectivity index (χ0) is 26.4. The lowest BCUT2D eigenvalue weighted by atomic mass is 9.75. The first-order chi connectivity index (χ1) is 18.5. The molecule has 1 aliphatic heterocycles. The Bertz CT molecular complexity index is 1400. The van der Waals surface area contributed by atoms with Crippen LogP contribution >= 0.6 is 0 Å². The minimum Gasteiger partial charge on any atom is -0.426 e. The maximum Gasteiger partial charge on any atom is 0.475 e. The lowest BCUT2D eigenvalue weighted by Crippen LogP contribution is -2.56. The van der Waals surface area contributed by atoms with Gasteiger partial charge in [-0.1, -0.05) is 71.9 Å². The van der Waals surface area contributed by atoms with E-state index in [1.807, 2.05) is 89.6 Å². The van der Waals surface area contributed by atoms with Gasteiger partial charge in [-0.05, 0) is 23.6 Å². The first-order valence-electron chi connectivity index (χ1n) is 12.5. The molecule has 0 saturated carbocycles. The van der Waals surface area contributed by atoms with E-state index >= 15 is 0 Å². The molecule has 5 rings (SSSR count). The number of hydrogen-bond donors (Lipinski definition) is 3. The molecule has 2 aromatic heterocycles. The minimum absolute atomic E-state index is 0.182. The van der Waals surface area contributed by atoms with Crippen LogP contribution in [0.15, 0.2) is 96.5 Å². The average molecular weight is 512 g/mol. The Labute approximate surface area is 220 Å². The van der Waals surface area contributed by atoms with Crippen molar-refractivity contribution in [1.29, 1.82) is 0 Å². The van der Waals surface area contributed by atoms with Crippen LogP contribution < -0.4 is 5.32 Å². The first kappa shape index (κ1) is 25.7. The maximum atomic E-state index is 13.7. The van der Waals surface area contributed by atoms with E-state index in [-0.39, 0.29) is 25.9 Å². The average Bonchev–Trinajstić information content (AvgIpc) is 3.58. The number of imidazole rings is 1. The zero-order valence-electron chi connectivity index (χ0n) is 20.8. The summed E-state index contributed by atoms with van der Waals surface area (Å²) in [5.41, 5.74) is 2.78. The highest BCUT2D eigenvalue weighted by molar-refractivity contribution is 6.43. The summed E-state index contributed by atoms with van der Waals surface area (Å²) in [5.74, 6) is -1.38. The highest BCUT2D eigenvalue weighted by Gasteiger charge is 2.48. The van der Waals surface area contributed by atoms with Crippen molar-refractivity contribution in [2.75, 3.05) is 6.61 Å². The van der Waals surface area contributed by atoms with Gasteiger partial charge in [-0.15, -0.1) is 0 Å². The van der Waals surface area contributed by atoms with Gasteiger partial charge in [0.05, 0.1) is 24.9 Å². The number of fused-ring (bicyclic) bond motifs is 1. The van der Waals surface area contributed by atoms with Gasteiger partial charge < -0.3 is 29.3 Å². The van der Waals surface area contributed by atoms with Gasteiger partial charge in [-0.2, -0.15) is 0 Å². The van der Waals surface area contributed by atoms with Crippen LogP contribution in [-0.4, -0.2) is 56.3 Å². The third kappa shape index (κ3) is 5.94. The third-order valence-corrected chi connectivity index (χ3v) is 6.59. The van der Waals surface area contributed by atoms with Crippen LogP contribution in [0.4, 0.5) is 0 Å². The van der Waals surface area contributed by atoms with Crippen LogP contribution in [0.3, 0.4) is 0 Å². The van der Waals surface area contributed by atoms with Gasteiger partial charge in [0.25, 0.3) is 5.91 Å². The van der Waals surface area contributed by atoms with Crippen molar-refractivity contribution < 1.29 is 24.4 Å². The van der Waals surface area contributed by atoms with E-state index in [0.717, 1.165) is 22.3 Å². The Balaban J connectivity index is 1.28. The summed E-state index contributed by atoms with van der Waals surface area (Å²) in [6.07, 6.45) is 6.26. The molecular formula is C28H29BN4O5. The normalized spacial score (nSPS) is 17.6. The molecule has 1 amide bonds. The second kappa shape index (κ2) is 11.6. The summed E-state index contributed by atoms with van der Waals surface area (Å²) in [5, 5.41) is 27.0. The number of aromatic nitrogens is 2. The Kier molecular flexibility index (Phi) is 7.83. The predicted octanol–water partition coefficient (Wildman–Crippen LogP) is 2.35. The van der Waals surface area contributed by atoms with E-state index in [1.165, 1.54) is 0 Å². The van der Waals surface area contributed by atoms with Crippen LogP contribution in [0.5, 0.6) is 0 Å². The number of ether oxygens (including phenoxy) is 1. The van der Waals surface area contributed by atoms with Crippen molar-refractivity contribution in [3.05, 3.63) is 108 Å². The highest BCUT2D eigenvalue weighted by Crippen LogP contribution is 2.29. The molecule has 0 radical (unpaired) electrons. The van der Waals surface area contributed by atoms with E-state index in [1.54, 1.807) is 6.20 Å². The summed E-state index contributed by atoms with van der Waals surface area (Å²) >= 11 is 0. The molecule has 2 unspecified atom stereocenters. The second-order valence-corrected chi connectivity index (χ2v) is 9.45. The van der Waals surface area contributed by atoms with Crippen molar-refractivity contribution in [2.45, 2.75) is 37.4 Å². The molecule has 4 aromatic rings. The van der Waals surface area contributed by atoms with E-state index in [0.29, 0.717) is 12.3 Å². The van der Waals surface area contributed by atoms with E-state index in [2.05, 4.69) is 15.5 Å². The molecule has 0 saturated heterocycles. The third-order valence-electron chi connectivity index (χ3n) is 6.59. The topological polar surface area (TPSA) is 118 Å². The lowest BCUT2D eigenvalue weighted by molar-refractivity contribution is -0.144. The van der Waals surface area contributed by atoms with Crippen molar-refractivity contribution in [3.8, 4) is 0 Å². The molecule has 9 nitrogen and oxygen atoms in total. The smallest absolute Gasteiger partial charge is 0.426 e. The van der Waals surface area contributed by atoms with Crippen molar-refractivity contribution in [3.63, 3.8) is 0 Å². The fourth-order valence-corrected chi connectivity index (χ4v) is 4.64. The molecule has 1 aliphatic rings. The fourth-order valence-electron chi connectivity index (χ4n) is 4.64. The van der Waals surface area contributed by atoms with E-state index < -0.39 is 24.6 Å². The monoisotopic (exact) mass is 512 g/mol. The predicted molar refractivity (Wildman–Crippen MR) is 143 cm³/mol. The summed E-state index contributed by atoms with van der Waals surface area (Å²) in [6, 6.07) is 22.8.